The molecular formula is C20H20F3N3O3. The van der Waals surface area contributed by atoms with E-state index in [4.69, 9.17) is 4.74 Å². The number of nitrogens with zero attached hydrogens (tertiary/aromatic N) is 1. The van der Waals surface area contributed by atoms with E-state index in [1.807, 2.05) is 0 Å². The molecule has 154 valence electrons. The number of urea groups is 1. The van der Waals surface area contributed by atoms with Crippen molar-refractivity contribution in [1.29, 1.82) is 0 Å². The zero-order valence-corrected chi connectivity index (χ0v) is 16.1. The van der Waals surface area contributed by atoms with Gasteiger partial charge in [0.05, 0.1) is 11.3 Å². The molecule has 0 unspecified atom stereocenters. The van der Waals surface area contributed by atoms with Gasteiger partial charge in [0.1, 0.15) is 11.4 Å². The lowest BCUT2D eigenvalue weighted by atomic mass is 9.88. The highest BCUT2D eigenvalue weighted by atomic mass is 19.4. The zero-order valence-electron chi connectivity index (χ0n) is 16.1. The summed E-state index contributed by atoms with van der Waals surface area (Å²) in [4.78, 5) is 24.2. The Morgan fingerprint density at radius 3 is 2.55 bits per heavy atom. The first-order valence-electron chi connectivity index (χ1n) is 8.82. The van der Waals surface area contributed by atoms with Crippen LogP contribution in [-0.4, -0.2) is 29.8 Å². The summed E-state index contributed by atoms with van der Waals surface area (Å²) in [6.07, 6.45) is -3.09. The number of carbonyl (C=O) groups is 1. The second kappa shape index (κ2) is 7.31. The Morgan fingerprint density at radius 2 is 1.93 bits per heavy atom. The molecule has 1 aromatic carbocycles. The molecule has 0 bridgehead atoms. The summed E-state index contributed by atoms with van der Waals surface area (Å²) >= 11 is 0. The van der Waals surface area contributed by atoms with Gasteiger partial charge in [0.25, 0.3) is 5.56 Å². The molecule has 0 spiro atoms. The fraction of sp³-hybridized carbons (Fsp3) is 0.300. The second-order valence-electron chi connectivity index (χ2n) is 6.99. The lowest BCUT2D eigenvalue weighted by Gasteiger charge is -2.37. The Labute approximate surface area is 165 Å². The maximum Gasteiger partial charge on any atom is 0.416 e. The number of nitrogens with one attached hydrogen (secondary N) is 2. The van der Waals surface area contributed by atoms with Crippen molar-refractivity contribution < 1.29 is 22.7 Å². The van der Waals surface area contributed by atoms with Crippen LogP contribution in [0.25, 0.3) is 5.70 Å². The second-order valence-corrected chi connectivity index (χ2v) is 6.99. The molecular weight excluding hydrogens is 387 g/mol. The van der Waals surface area contributed by atoms with Gasteiger partial charge < -0.3 is 15.4 Å². The summed E-state index contributed by atoms with van der Waals surface area (Å²) in [5, 5.41) is 5.04. The minimum Gasteiger partial charge on any atom is -0.483 e. The van der Waals surface area contributed by atoms with Gasteiger partial charge in [-0.3, -0.25) is 9.36 Å². The Hall–Kier alpha value is -3.23. The van der Waals surface area contributed by atoms with E-state index in [2.05, 4.69) is 10.6 Å². The first kappa shape index (κ1) is 20.5. The standard InChI is InChI=1S/C20H20F3N3O3/c1-19(2)14(11-25-18(28)24-3)17(26-9-5-4-6-16(26)27)13-10-12(20(21,22)23)7-8-15(13)29-19/h4-10H,11H2,1-3H3,(H2,24,25,28). The van der Waals surface area contributed by atoms with Crippen molar-refractivity contribution in [3.05, 3.63) is 69.6 Å². The van der Waals surface area contributed by atoms with Crippen molar-refractivity contribution >= 4 is 11.7 Å². The van der Waals surface area contributed by atoms with Crippen molar-refractivity contribution in [3.63, 3.8) is 0 Å². The molecule has 0 saturated heterocycles. The van der Waals surface area contributed by atoms with Gasteiger partial charge in [0.2, 0.25) is 0 Å². The molecule has 2 amide bonds. The molecule has 9 heteroatoms. The minimum atomic E-state index is -4.56. The average molecular weight is 407 g/mol. The Kier molecular flexibility index (Phi) is 5.16. The van der Waals surface area contributed by atoms with E-state index in [1.54, 1.807) is 26.0 Å². The molecule has 2 heterocycles. The van der Waals surface area contributed by atoms with E-state index in [0.717, 1.165) is 12.1 Å². The van der Waals surface area contributed by atoms with E-state index in [0.29, 0.717) is 5.57 Å². The molecule has 1 aliphatic rings. The lowest BCUT2D eigenvalue weighted by Crippen LogP contribution is -2.44. The third-order valence-corrected chi connectivity index (χ3v) is 4.66. The molecule has 0 saturated carbocycles. The number of alkyl halides is 3. The Bertz CT molecular complexity index is 1040. The van der Waals surface area contributed by atoms with E-state index in [9.17, 15) is 22.8 Å². The van der Waals surface area contributed by atoms with Crippen molar-refractivity contribution in [2.24, 2.45) is 0 Å². The molecule has 0 atom stereocenters. The van der Waals surface area contributed by atoms with Gasteiger partial charge in [-0.25, -0.2) is 4.79 Å². The number of pyridine rings is 1. The number of hydrogen-bond acceptors (Lipinski definition) is 3. The molecule has 1 aliphatic heterocycles. The predicted octanol–water partition coefficient (Wildman–Crippen LogP) is 3.23. The van der Waals surface area contributed by atoms with E-state index < -0.39 is 28.9 Å². The molecule has 2 aromatic rings. The monoisotopic (exact) mass is 407 g/mol. The molecule has 0 radical (unpaired) electrons. The number of benzene rings is 1. The minimum absolute atomic E-state index is 0.0287. The highest BCUT2D eigenvalue weighted by Crippen LogP contribution is 2.43. The largest absolute Gasteiger partial charge is 0.483 e. The highest BCUT2D eigenvalue weighted by molar-refractivity contribution is 5.79. The third-order valence-electron chi connectivity index (χ3n) is 4.66. The quantitative estimate of drug-likeness (QED) is 0.821. The maximum absolute atomic E-state index is 13.3. The first-order chi connectivity index (χ1) is 13.5. The summed E-state index contributed by atoms with van der Waals surface area (Å²) in [6.45, 7) is 3.42. The number of rotatable bonds is 3. The average Bonchev–Trinajstić information content (AvgIpc) is 2.64. The van der Waals surface area contributed by atoms with Crippen molar-refractivity contribution in [1.82, 2.24) is 15.2 Å². The van der Waals surface area contributed by atoms with E-state index >= 15 is 0 Å². The van der Waals surface area contributed by atoms with E-state index in [-0.39, 0.29) is 23.6 Å². The Balaban J connectivity index is 2.31. The van der Waals surface area contributed by atoms with Gasteiger partial charge in [-0.15, -0.1) is 0 Å². The third kappa shape index (κ3) is 3.98. The normalized spacial score (nSPS) is 15.4. The SMILES string of the molecule is CNC(=O)NCC1=C(n2ccccc2=O)c2cc(C(F)(F)F)ccc2OC1(C)C. The van der Waals surface area contributed by atoms with E-state index in [1.165, 1.54) is 29.9 Å². The maximum atomic E-state index is 13.3. The number of halogens is 3. The first-order valence-corrected chi connectivity index (χ1v) is 8.82. The van der Waals surface area contributed by atoms with Crippen LogP contribution < -0.4 is 20.9 Å². The highest BCUT2D eigenvalue weighted by Gasteiger charge is 2.38. The van der Waals surface area contributed by atoms with Gasteiger partial charge in [0.15, 0.2) is 0 Å². The number of amides is 2. The van der Waals surface area contributed by atoms with Gasteiger partial charge in [-0.2, -0.15) is 13.2 Å². The number of aromatic nitrogens is 1. The number of hydrogen-bond donors (Lipinski definition) is 2. The van der Waals surface area contributed by atoms with Crippen LogP contribution in [0.3, 0.4) is 0 Å². The summed E-state index contributed by atoms with van der Waals surface area (Å²) in [7, 11) is 1.44. The Morgan fingerprint density at radius 1 is 1.21 bits per heavy atom. The van der Waals surface area contributed by atoms with Gasteiger partial charge >= 0.3 is 12.2 Å². The fourth-order valence-electron chi connectivity index (χ4n) is 3.21. The summed E-state index contributed by atoms with van der Waals surface area (Å²) in [5.74, 6) is 0.220. The molecule has 3 rings (SSSR count). The van der Waals surface area contributed by atoms with Crippen LogP contribution in [0.2, 0.25) is 0 Å². The van der Waals surface area contributed by atoms with Crippen LogP contribution in [0.15, 0.2) is 53.0 Å². The molecule has 0 fully saturated rings. The van der Waals surface area contributed by atoms with Crippen molar-refractivity contribution in [2.75, 3.05) is 13.6 Å². The number of fused-ring (bicyclic) bond motifs is 1. The summed E-state index contributed by atoms with van der Waals surface area (Å²) in [5.41, 5.74) is -1.43. The molecule has 0 aliphatic carbocycles. The van der Waals surface area contributed by atoms with Gasteiger partial charge in [0, 0.05) is 37.0 Å². The van der Waals surface area contributed by atoms with Crippen LogP contribution >= 0.6 is 0 Å². The number of ether oxygens (including phenoxy) is 1. The van der Waals surface area contributed by atoms with Crippen LogP contribution in [0, 0.1) is 0 Å². The number of carbonyl (C=O) groups excluding carboxylic acids is 1. The summed E-state index contributed by atoms with van der Waals surface area (Å²) in [6, 6.07) is 7.13. The van der Waals surface area contributed by atoms with Crippen molar-refractivity contribution in [2.45, 2.75) is 25.6 Å². The topological polar surface area (TPSA) is 72.4 Å². The molecule has 2 N–H and O–H groups in total. The van der Waals surface area contributed by atoms with Crippen LogP contribution in [0.5, 0.6) is 5.75 Å². The fourth-order valence-corrected chi connectivity index (χ4v) is 3.21. The van der Waals surface area contributed by atoms with Crippen LogP contribution in [0.1, 0.15) is 25.0 Å². The molecule has 1 aromatic heterocycles. The predicted molar refractivity (Wildman–Crippen MR) is 102 cm³/mol. The van der Waals surface area contributed by atoms with Crippen LogP contribution in [0.4, 0.5) is 18.0 Å². The smallest absolute Gasteiger partial charge is 0.416 e. The lowest BCUT2D eigenvalue weighted by molar-refractivity contribution is -0.137. The molecule has 29 heavy (non-hydrogen) atoms. The van der Waals surface area contributed by atoms with Crippen LogP contribution in [-0.2, 0) is 6.18 Å². The van der Waals surface area contributed by atoms with Gasteiger partial charge in [-0.05, 0) is 38.1 Å². The van der Waals surface area contributed by atoms with Crippen molar-refractivity contribution in [3.8, 4) is 5.75 Å². The molecule has 6 nitrogen and oxygen atoms in total. The summed E-state index contributed by atoms with van der Waals surface area (Å²) < 4.78 is 47.2. The zero-order chi connectivity index (χ0) is 21.4. The van der Waals surface area contributed by atoms with Gasteiger partial charge in [-0.1, -0.05) is 6.07 Å².